The molecular weight excluding hydrogens is 775 g/mol. The second-order valence-corrected chi connectivity index (χ2v) is 16.5. The van der Waals surface area contributed by atoms with E-state index in [0.717, 1.165) is 51.2 Å². The summed E-state index contributed by atoms with van der Waals surface area (Å²) < 4.78 is 0. The summed E-state index contributed by atoms with van der Waals surface area (Å²) in [4.78, 5) is 7.18. The summed E-state index contributed by atoms with van der Waals surface area (Å²) in [6.45, 7) is 0. The number of benzene rings is 10. The molecule has 64 heavy (non-hydrogen) atoms. The van der Waals surface area contributed by atoms with Gasteiger partial charge in [-0.25, -0.2) is 0 Å². The minimum Gasteiger partial charge on any atom is -0.310 e. The van der Waals surface area contributed by atoms with Crippen molar-refractivity contribution < 1.29 is 0 Å². The summed E-state index contributed by atoms with van der Waals surface area (Å²) in [6, 6.07) is 94.8. The van der Waals surface area contributed by atoms with Gasteiger partial charge in [-0.3, -0.25) is 0 Å². The molecule has 0 radical (unpaired) electrons. The van der Waals surface area contributed by atoms with Gasteiger partial charge in [0.05, 0.1) is 11.1 Å². The fourth-order valence-electron chi connectivity index (χ4n) is 10.5. The molecule has 1 spiro atoms. The Morgan fingerprint density at radius 2 is 0.500 bits per heavy atom. The molecule has 0 bridgehead atoms. The number of hydrogen-bond acceptors (Lipinski definition) is 3. The molecule has 0 saturated heterocycles. The summed E-state index contributed by atoms with van der Waals surface area (Å²) >= 11 is 0. The van der Waals surface area contributed by atoms with Crippen molar-refractivity contribution in [2.45, 2.75) is 5.41 Å². The summed E-state index contributed by atoms with van der Waals surface area (Å²) in [5.74, 6) is 0. The van der Waals surface area contributed by atoms with Crippen molar-refractivity contribution in [1.82, 2.24) is 0 Å². The van der Waals surface area contributed by atoms with Gasteiger partial charge in [-0.15, -0.1) is 0 Å². The van der Waals surface area contributed by atoms with Gasteiger partial charge in [-0.2, -0.15) is 0 Å². The number of para-hydroxylation sites is 4. The van der Waals surface area contributed by atoms with Gasteiger partial charge in [0.25, 0.3) is 0 Å². The fourth-order valence-corrected chi connectivity index (χ4v) is 10.5. The van der Waals surface area contributed by atoms with Crippen molar-refractivity contribution in [3.05, 3.63) is 283 Å². The maximum absolute atomic E-state index is 2.48. The Morgan fingerprint density at radius 3 is 0.922 bits per heavy atom. The molecule has 3 nitrogen and oxygen atoms in total. The summed E-state index contributed by atoms with van der Waals surface area (Å²) in [5.41, 5.74) is 19.6. The third kappa shape index (κ3) is 5.90. The molecule has 0 fully saturated rings. The third-order valence-corrected chi connectivity index (χ3v) is 13.0. The number of anilines is 9. The Morgan fingerprint density at radius 1 is 0.219 bits per heavy atom. The monoisotopic (exact) mass is 817 g/mol. The Balaban J connectivity index is 1.07. The minimum atomic E-state index is -0.514. The Bertz CT molecular complexity index is 3190. The normalized spacial score (nSPS) is 12.5. The van der Waals surface area contributed by atoms with Crippen molar-refractivity contribution in [3.8, 4) is 22.3 Å². The van der Waals surface area contributed by atoms with Crippen LogP contribution in [0, 0.1) is 0 Å². The molecule has 0 heterocycles. The van der Waals surface area contributed by atoms with Crippen LogP contribution in [0.2, 0.25) is 0 Å². The molecule has 2 aliphatic rings. The van der Waals surface area contributed by atoms with E-state index in [4.69, 9.17) is 0 Å². The van der Waals surface area contributed by atoms with E-state index < -0.39 is 5.41 Å². The highest BCUT2D eigenvalue weighted by Gasteiger charge is 2.53. The Labute approximate surface area is 375 Å². The van der Waals surface area contributed by atoms with Gasteiger partial charge in [-0.1, -0.05) is 170 Å². The lowest BCUT2D eigenvalue weighted by Gasteiger charge is -2.36. The van der Waals surface area contributed by atoms with Gasteiger partial charge in [0.2, 0.25) is 0 Å². The van der Waals surface area contributed by atoms with Crippen LogP contribution in [0.3, 0.4) is 0 Å². The van der Waals surface area contributed by atoms with Crippen LogP contribution in [-0.2, 0) is 5.41 Å². The van der Waals surface area contributed by atoms with Gasteiger partial charge in [0, 0.05) is 51.1 Å². The molecule has 12 rings (SSSR count). The first kappa shape index (κ1) is 37.4. The molecule has 10 aromatic carbocycles. The van der Waals surface area contributed by atoms with E-state index in [0.29, 0.717) is 0 Å². The zero-order valence-electron chi connectivity index (χ0n) is 35.2. The van der Waals surface area contributed by atoms with E-state index >= 15 is 0 Å². The van der Waals surface area contributed by atoms with Crippen molar-refractivity contribution in [2.75, 3.05) is 14.7 Å². The zero-order chi connectivity index (χ0) is 42.5. The topological polar surface area (TPSA) is 9.72 Å². The van der Waals surface area contributed by atoms with Crippen LogP contribution in [0.1, 0.15) is 22.3 Å². The van der Waals surface area contributed by atoms with Gasteiger partial charge in [0.15, 0.2) is 0 Å². The standard InChI is InChI=1S/C61H43N3/c1-5-22-44(23-6-1)62(45-24-7-2-8-25-45)48-30-19-31-49(42-48)63(46-26-9-3-10-27-46)50-32-20-33-51(43-50)64(47-28-11-4-12-29-47)59-41-21-37-55-54-36-15-18-40-58(54)61(60(55)59)56-38-16-13-34-52(56)53-35-14-17-39-57(53)61/h1-43H. The zero-order valence-corrected chi connectivity index (χ0v) is 35.2. The van der Waals surface area contributed by atoms with Gasteiger partial charge in [-0.05, 0) is 130 Å². The van der Waals surface area contributed by atoms with Crippen LogP contribution >= 0.6 is 0 Å². The lowest BCUT2D eigenvalue weighted by atomic mass is 9.70. The van der Waals surface area contributed by atoms with Gasteiger partial charge in [0.1, 0.15) is 0 Å². The number of rotatable bonds is 9. The Hall–Kier alpha value is -8.40. The van der Waals surface area contributed by atoms with Crippen LogP contribution in [0.25, 0.3) is 22.3 Å². The highest BCUT2D eigenvalue weighted by molar-refractivity contribution is 6.00. The number of nitrogens with zero attached hydrogens (tertiary/aromatic N) is 3. The minimum absolute atomic E-state index is 0.514. The number of hydrogen-bond donors (Lipinski definition) is 0. The molecule has 10 aromatic rings. The molecule has 0 aromatic heterocycles. The van der Waals surface area contributed by atoms with Crippen LogP contribution in [0.15, 0.2) is 261 Å². The maximum atomic E-state index is 2.48. The molecule has 0 aliphatic heterocycles. The largest absolute Gasteiger partial charge is 0.310 e. The van der Waals surface area contributed by atoms with Crippen molar-refractivity contribution in [2.24, 2.45) is 0 Å². The van der Waals surface area contributed by atoms with E-state index in [-0.39, 0.29) is 0 Å². The lowest BCUT2D eigenvalue weighted by molar-refractivity contribution is 0.793. The molecule has 2 aliphatic carbocycles. The smallest absolute Gasteiger partial charge is 0.0746 e. The van der Waals surface area contributed by atoms with Crippen LogP contribution in [0.5, 0.6) is 0 Å². The molecule has 0 saturated carbocycles. The highest BCUT2D eigenvalue weighted by Crippen LogP contribution is 2.65. The lowest BCUT2D eigenvalue weighted by Crippen LogP contribution is -2.28. The van der Waals surface area contributed by atoms with Crippen LogP contribution in [-0.4, -0.2) is 0 Å². The SMILES string of the molecule is c1ccc(N(c2ccccc2)c2cccc(N(c3ccccc3)c3cccc(N(c4ccccc4)c4cccc5c4C4(c6ccccc6-c6ccccc64)c4ccccc4-5)c3)c2)cc1. The molecule has 0 unspecified atom stereocenters. The third-order valence-electron chi connectivity index (χ3n) is 13.0. The summed E-state index contributed by atoms with van der Waals surface area (Å²) in [6.07, 6.45) is 0. The highest BCUT2D eigenvalue weighted by atomic mass is 15.2. The van der Waals surface area contributed by atoms with Gasteiger partial charge >= 0.3 is 0 Å². The number of fused-ring (bicyclic) bond motifs is 10. The molecule has 0 atom stereocenters. The van der Waals surface area contributed by atoms with Crippen molar-refractivity contribution in [3.63, 3.8) is 0 Å². The molecular formula is C61H43N3. The van der Waals surface area contributed by atoms with E-state index in [1.54, 1.807) is 0 Å². The summed E-state index contributed by atoms with van der Waals surface area (Å²) in [5, 5.41) is 0. The first-order valence-corrected chi connectivity index (χ1v) is 22.0. The molecule has 302 valence electrons. The maximum Gasteiger partial charge on any atom is 0.0746 e. The average Bonchev–Trinajstić information content (AvgIpc) is 3.84. The second-order valence-electron chi connectivity index (χ2n) is 16.5. The molecule has 3 heteroatoms. The van der Waals surface area contributed by atoms with E-state index in [2.05, 4.69) is 276 Å². The van der Waals surface area contributed by atoms with E-state index in [1.165, 1.54) is 44.5 Å². The Kier molecular flexibility index (Phi) is 9.05. The van der Waals surface area contributed by atoms with Crippen LogP contribution < -0.4 is 14.7 Å². The first-order chi connectivity index (χ1) is 31.8. The predicted octanol–water partition coefficient (Wildman–Crippen LogP) is 16.4. The quantitative estimate of drug-likeness (QED) is 0.144. The second kappa shape index (κ2) is 15.5. The van der Waals surface area contributed by atoms with Crippen molar-refractivity contribution >= 4 is 51.2 Å². The van der Waals surface area contributed by atoms with Crippen LogP contribution in [0.4, 0.5) is 51.2 Å². The fraction of sp³-hybridized carbons (Fsp3) is 0.0164. The molecule has 0 N–H and O–H groups in total. The summed E-state index contributed by atoms with van der Waals surface area (Å²) in [7, 11) is 0. The van der Waals surface area contributed by atoms with E-state index in [1.807, 2.05) is 0 Å². The average molecular weight is 818 g/mol. The predicted molar refractivity (Wildman–Crippen MR) is 267 cm³/mol. The van der Waals surface area contributed by atoms with Crippen molar-refractivity contribution in [1.29, 1.82) is 0 Å². The van der Waals surface area contributed by atoms with E-state index in [9.17, 15) is 0 Å². The first-order valence-electron chi connectivity index (χ1n) is 22.0. The van der Waals surface area contributed by atoms with Gasteiger partial charge < -0.3 is 14.7 Å². The molecule has 0 amide bonds.